The molecule has 39 heavy (non-hydrogen) atoms. The molecule has 210 valence electrons. The predicted molar refractivity (Wildman–Crippen MR) is 148 cm³/mol. The molecule has 1 aliphatic rings. The minimum absolute atomic E-state index is 0.0165. The number of nitrogens with zero attached hydrogens (tertiary/aromatic N) is 4. The van der Waals surface area contributed by atoms with Crippen LogP contribution in [0.5, 0.6) is 23.6 Å². The zero-order valence-electron chi connectivity index (χ0n) is 23.6. The first kappa shape index (κ1) is 28.2. The zero-order valence-corrected chi connectivity index (χ0v) is 23.6. The van der Waals surface area contributed by atoms with Gasteiger partial charge in [0.05, 0.1) is 14.2 Å². The van der Waals surface area contributed by atoms with Gasteiger partial charge < -0.3 is 34.2 Å². The first-order valence-corrected chi connectivity index (χ1v) is 13.2. The number of nitrogens with one attached hydrogen (secondary N) is 2. The van der Waals surface area contributed by atoms with Gasteiger partial charge in [-0.15, -0.1) is 0 Å². The minimum Gasteiger partial charge on any atom is -0.479 e. The molecule has 0 bridgehead atoms. The number of likely N-dealkylation sites (tertiary alicyclic amines) is 1. The fraction of sp³-hybridized carbons (Fsp3) is 0.500. The number of hydrogen-bond donors (Lipinski definition) is 2. The summed E-state index contributed by atoms with van der Waals surface area (Å²) in [5.74, 6) is 0.725. The van der Waals surface area contributed by atoms with Gasteiger partial charge in [-0.05, 0) is 68.4 Å². The van der Waals surface area contributed by atoms with Crippen LogP contribution in [0.3, 0.4) is 0 Å². The Labute approximate surface area is 229 Å². The van der Waals surface area contributed by atoms with Crippen LogP contribution in [0.15, 0.2) is 28.9 Å². The summed E-state index contributed by atoms with van der Waals surface area (Å²) in [4.78, 5) is 28.5. The predicted octanol–water partition coefficient (Wildman–Crippen LogP) is 5.03. The molecular weight excluding hydrogens is 500 g/mol. The molecule has 0 spiro atoms. The SMILES string of the molecule is COc1nc(NCCCN2CCCC2)nc(OC)c1NC(=O)c1coc(Oc2cc(C(C)(C)C)ccc2C)n1. The number of rotatable bonds is 11. The molecule has 0 unspecified atom stereocenters. The Morgan fingerprint density at radius 3 is 2.41 bits per heavy atom. The van der Waals surface area contributed by atoms with Crippen molar-refractivity contribution in [2.45, 2.75) is 52.4 Å². The average Bonchev–Trinajstić information content (AvgIpc) is 3.60. The number of benzene rings is 1. The van der Waals surface area contributed by atoms with Crippen molar-refractivity contribution in [1.82, 2.24) is 19.9 Å². The normalized spacial score (nSPS) is 13.8. The van der Waals surface area contributed by atoms with Gasteiger partial charge in [0, 0.05) is 6.54 Å². The Hall–Kier alpha value is -3.86. The molecule has 1 fully saturated rings. The Kier molecular flexibility index (Phi) is 8.90. The number of aromatic nitrogens is 3. The number of ether oxygens (including phenoxy) is 3. The van der Waals surface area contributed by atoms with E-state index >= 15 is 0 Å². The number of carbonyl (C=O) groups excluding carboxylic acids is 1. The number of hydrogen-bond acceptors (Lipinski definition) is 10. The van der Waals surface area contributed by atoms with Crippen molar-refractivity contribution < 1.29 is 23.4 Å². The summed E-state index contributed by atoms with van der Waals surface area (Å²) in [5.41, 5.74) is 2.18. The molecule has 11 heteroatoms. The number of carbonyl (C=O) groups is 1. The molecule has 2 N–H and O–H groups in total. The van der Waals surface area contributed by atoms with Crippen LogP contribution in [0.1, 0.15) is 61.6 Å². The van der Waals surface area contributed by atoms with Gasteiger partial charge in [0.15, 0.2) is 11.4 Å². The summed E-state index contributed by atoms with van der Waals surface area (Å²) >= 11 is 0. The highest BCUT2D eigenvalue weighted by Crippen LogP contribution is 2.34. The number of oxazole rings is 1. The Balaban J connectivity index is 1.42. The summed E-state index contributed by atoms with van der Waals surface area (Å²) in [7, 11) is 2.93. The lowest BCUT2D eigenvalue weighted by Crippen LogP contribution is -2.22. The molecule has 3 aromatic rings. The van der Waals surface area contributed by atoms with Gasteiger partial charge in [0.2, 0.25) is 17.7 Å². The second-order valence-electron chi connectivity index (χ2n) is 10.6. The number of amides is 1. The van der Waals surface area contributed by atoms with Crippen LogP contribution in [0.4, 0.5) is 11.6 Å². The van der Waals surface area contributed by atoms with E-state index in [1.54, 1.807) is 0 Å². The summed E-state index contributed by atoms with van der Waals surface area (Å²) in [6, 6.07) is 6.00. The van der Waals surface area contributed by atoms with E-state index in [1.807, 2.05) is 19.1 Å². The highest BCUT2D eigenvalue weighted by Gasteiger charge is 2.23. The molecule has 1 aliphatic heterocycles. The van der Waals surface area contributed by atoms with Crippen molar-refractivity contribution in [2.24, 2.45) is 0 Å². The highest BCUT2D eigenvalue weighted by atomic mass is 16.6. The molecule has 1 saturated heterocycles. The van der Waals surface area contributed by atoms with E-state index in [0.717, 1.165) is 37.2 Å². The van der Waals surface area contributed by atoms with Crippen molar-refractivity contribution in [3.8, 4) is 23.6 Å². The van der Waals surface area contributed by atoms with E-state index in [1.165, 1.54) is 33.3 Å². The Bertz CT molecular complexity index is 1250. The Morgan fingerprint density at radius 2 is 1.77 bits per heavy atom. The summed E-state index contributed by atoms with van der Waals surface area (Å²) in [6.45, 7) is 12.4. The maximum Gasteiger partial charge on any atom is 0.399 e. The fourth-order valence-electron chi connectivity index (χ4n) is 4.27. The number of aryl methyl sites for hydroxylation is 1. The highest BCUT2D eigenvalue weighted by molar-refractivity contribution is 6.04. The second kappa shape index (κ2) is 12.3. The average molecular weight is 539 g/mol. The molecular formula is C28H38N6O5. The fourth-order valence-corrected chi connectivity index (χ4v) is 4.27. The summed E-state index contributed by atoms with van der Waals surface area (Å²) in [5, 5.41) is 5.93. The lowest BCUT2D eigenvalue weighted by Gasteiger charge is -2.20. The van der Waals surface area contributed by atoms with E-state index < -0.39 is 5.91 Å². The second-order valence-corrected chi connectivity index (χ2v) is 10.6. The third-order valence-corrected chi connectivity index (χ3v) is 6.57. The molecule has 1 amide bonds. The molecule has 2 aromatic heterocycles. The van der Waals surface area contributed by atoms with Gasteiger partial charge in [0.25, 0.3) is 5.91 Å². The van der Waals surface area contributed by atoms with Gasteiger partial charge in [-0.1, -0.05) is 32.9 Å². The van der Waals surface area contributed by atoms with Gasteiger partial charge >= 0.3 is 6.08 Å². The zero-order chi connectivity index (χ0) is 28.0. The molecule has 0 aliphatic carbocycles. The summed E-state index contributed by atoms with van der Waals surface area (Å²) in [6.07, 6.45) is 4.68. The van der Waals surface area contributed by atoms with Crippen LogP contribution >= 0.6 is 0 Å². The molecule has 1 aromatic carbocycles. The molecule has 0 radical (unpaired) electrons. The van der Waals surface area contributed by atoms with Crippen molar-refractivity contribution >= 4 is 17.5 Å². The molecule has 11 nitrogen and oxygen atoms in total. The van der Waals surface area contributed by atoms with E-state index in [0.29, 0.717) is 18.2 Å². The van der Waals surface area contributed by atoms with Crippen LogP contribution < -0.4 is 24.8 Å². The van der Waals surface area contributed by atoms with Gasteiger partial charge in [-0.3, -0.25) is 4.79 Å². The standard InChI is InChI=1S/C28H38N6O5/c1-18-10-11-19(28(2,3)4)16-21(18)39-27-30-20(17-38-27)23(35)31-22-24(36-5)32-26(33-25(22)37-6)29-12-9-15-34-13-7-8-14-34/h10-11,16-17H,7-9,12-15H2,1-6H3,(H,31,35)(H,29,32,33). The van der Waals surface area contributed by atoms with Crippen LogP contribution in [-0.4, -0.2) is 66.2 Å². The van der Waals surface area contributed by atoms with Gasteiger partial charge in [-0.2, -0.15) is 15.0 Å². The summed E-state index contributed by atoms with van der Waals surface area (Å²) < 4.78 is 22.2. The van der Waals surface area contributed by atoms with E-state index in [9.17, 15) is 4.79 Å². The van der Waals surface area contributed by atoms with Crippen molar-refractivity contribution in [3.05, 3.63) is 41.3 Å². The lowest BCUT2D eigenvalue weighted by atomic mass is 9.86. The third kappa shape index (κ3) is 7.17. The monoisotopic (exact) mass is 538 g/mol. The van der Waals surface area contributed by atoms with E-state index in [4.69, 9.17) is 18.6 Å². The van der Waals surface area contributed by atoms with Crippen LogP contribution in [0, 0.1) is 6.92 Å². The van der Waals surface area contributed by atoms with Crippen molar-refractivity contribution in [3.63, 3.8) is 0 Å². The van der Waals surface area contributed by atoms with Crippen LogP contribution in [-0.2, 0) is 5.41 Å². The molecule has 4 rings (SSSR count). The van der Waals surface area contributed by atoms with Crippen molar-refractivity contribution in [1.29, 1.82) is 0 Å². The lowest BCUT2D eigenvalue weighted by molar-refractivity contribution is 0.102. The first-order chi connectivity index (χ1) is 18.7. The quantitative estimate of drug-likeness (QED) is 0.321. The maximum absolute atomic E-state index is 13.0. The van der Waals surface area contributed by atoms with Crippen LogP contribution in [0.25, 0.3) is 0 Å². The van der Waals surface area contributed by atoms with Gasteiger partial charge in [0.1, 0.15) is 12.0 Å². The number of anilines is 2. The molecule has 3 heterocycles. The molecule has 0 atom stereocenters. The van der Waals surface area contributed by atoms with E-state index in [-0.39, 0.29) is 34.6 Å². The topological polar surface area (TPSA) is 124 Å². The Morgan fingerprint density at radius 1 is 1.08 bits per heavy atom. The third-order valence-electron chi connectivity index (χ3n) is 6.57. The first-order valence-electron chi connectivity index (χ1n) is 13.2. The van der Waals surface area contributed by atoms with Crippen LogP contribution in [0.2, 0.25) is 0 Å². The number of methoxy groups -OCH3 is 2. The molecule has 0 saturated carbocycles. The van der Waals surface area contributed by atoms with Gasteiger partial charge in [-0.25, -0.2) is 0 Å². The van der Waals surface area contributed by atoms with E-state index in [2.05, 4.69) is 57.3 Å². The minimum atomic E-state index is -0.555. The smallest absolute Gasteiger partial charge is 0.399 e. The maximum atomic E-state index is 13.0. The van der Waals surface area contributed by atoms with Crippen molar-refractivity contribution in [2.75, 3.05) is 51.0 Å². The largest absolute Gasteiger partial charge is 0.479 e.